The number of nitrogens with one attached hydrogen (secondary N) is 1. The van der Waals surface area contributed by atoms with Gasteiger partial charge in [0.25, 0.3) is 0 Å². The molecule has 0 radical (unpaired) electrons. The van der Waals surface area contributed by atoms with Crippen molar-refractivity contribution in [1.82, 2.24) is 5.32 Å². The lowest BCUT2D eigenvalue weighted by Crippen LogP contribution is -2.39. The zero-order valence-corrected chi connectivity index (χ0v) is 11.0. The standard InChI is InChI=1S/C10H20BrNO2/c1-5-8(6-7-11)12-9(13)14-10(2,3)4/h8H,5-7H2,1-4H3,(H,12,13). The van der Waals surface area contributed by atoms with Crippen LogP contribution in [-0.4, -0.2) is 23.1 Å². The molecule has 0 rings (SSSR count). The van der Waals surface area contributed by atoms with Gasteiger partial charge in [0.15, 0.2) is 0 Å². The molecule has 0 aliphatic heterocycles. The third-order valence-electron chi connectivity index (χ3n) is 1.67. The van der Waals surface area contributed by atoms with E-state index in [-0.39, 0.29) is 12.1 Å². The van der Waals surface area contributed by atoms with Crippen molar-refractivity contribution in [3.8, 4) is 0 Å². The Bertz CT molecular complexity index is 177. The molecule has 1 amide bonds. The van der Waals surface area contributed by atoms with Crippen LogP contribution in [0, 0.1) is 0 Å². The summed E-state index contributed by atoms with van der Waals surface area (Å²) in [5.74, 6) is 0. The minimum atomic E-state index is -0.420. The second kappa shape index (κ2) is 6.27. The van der Waals surface area contributed by atoms with Crippen LogP contribution in [0.3, 0.4) is 0 Å². The smallest absolute Gasteiger partial charge is 0.407 e. The summed E-state index contributed by atoms with van der Waals surface area (Å²) in [6.45, 7) is 7.62. The summed E-state index contributed by atoms with van der Waals surface area (Å²) >= 11 is 3.35. The molecule has 0 heterocycles. The van der Waals surface area contributed by atoms with E-state index >= 15 is 0 Å². The van der Waals surface area contributed by atoms with Gasteiger partial charge in [-0.3, -0.25) is 0 Å². The number of carbonyl (C=O) groups excluding carboxylic acids is 1. The second-order valence-corrected chi connectivity index (χ2v) is 5.02. The van der Waals surface area contributed by atoms with E-state index in [0.29, 0.717) is 0 Å². The Morgan fingerprint density at radius 2 is 2.07 bits per heavy atom. The highest BCUT2D eigenvalue weighted by molar-refractivity contribution is 9.09. The Labute approximate surface area is 94.7 Å². The summed E-state index contributed by atoms with van der Waals surface area (Å²) in [5.41, 5.74) is -0.420. The predicted molar refractivity (Wildman–Crippen MR) is 61.9 cm³/mol. The average molecular weight is 266 g/mol. The first-order chi connectivity index (χ1) is 6.39. The van der Waals surface area contributed by atoms with Crippen LogP contribution in [0.1, 0.15) is 40.5 Å². The van der Waals surface area contributed by atoms with E-state index < -0.39 is 5.60 Å². The molecule has 0 aromatic heterocycles. The maximum Gasteiger partial charge on any atom is 0.407 e. The van der Waals surface area contributed by atoms with E-state index in [4.69, 9.17) is 4.74 Å². The highest BCUT2D eigenvalue weighted by Crippen LogP contribution is 2.08. The van der Waals surface area contributed by atoms with Crippen molar-refractivity contribution in [2.24, 2.45) is 0 Å². The lowest BCUT2D eigenvalue weighted by atomic mass is 10.2. The molecule has 1 atom stereocenters. The van der Waals surface area contributed by atoms with Gasteiger partial charge in [-0.2, -0.15) is 0 Å². The predicted octanol–water partition coefficient (Wildman–Crippen LogP) is 3.07. The fraction of sp³-hybridized carbons (Fsp3) is 0.900. The van der Waals surface area contributed by atoms with Crippen molar-refractivity contribution in [3.05, 3.63) is 0 Å². The van der Waals surface area contributed by atoms with E-state index in [2.05, 4.69) is 21.2 Å². The third kappa shape index (κ3) is 7.18. The number of hydrogen-bond acceptors (Lipinski definition) is 2. The summed E-state index contributed by atoms with van der Waals surface area (Å²) in [5, 5.41) is 3.72. The molecule has 0 saturated heterocycles. The van der Waals surface area contributed by atoms with Crippen LogP contribution in [0.2, 0.25) is 0 Å². The van der Waals surface area contributed by atoms with Gasteiger partial charge in [-0.15, -0.1) is 0 Å². The third-order valence-corrected chi connectivity index (χ3v) is 2.13. The lowest BCUT2D eigenvalue weighted by Gasteiger charge is -2.22. The largest absolute Gasteiger partial charge is 0.444 e. The van der Waals surface area contributed by atoms with Gasteiger partial charge >= 0.3 is 6.09 Å². The van der Waals surface area contributed by atoms with E-state index in [0.717, 1.165) is 18.2 Å². The lowest BCUT2D eigenvalue weighted by molar-refractivity contribution is 0.0502. The number of ether oxygens (including phenoxy) is 1. The maximum absolute atomic E-state index is 11.4. The van der Waals surface area contributed by atoms with Gasteiger partial charge in [0.2, 0.25) is 0 Å². The molecular formula is C10H20BrNO2. The topological polar surface area (TPSA) is 38.3 Å². The van der Waals surface area contributed by atoms with E-state index in [1.165, 1.54) is 0 Å². The molecule has 1 N–H and O–H groups in total. The number of alkyl carbamates (subject to hydrolysis) is 1. The Morgan fingerprint density at radius 1 is 1.50 bits per heavy atom. The van der Waals surface area contributed by atoms with E-state index in [1.807, 2.05) is 27.7 Å². The Hall–Kier alpha value is -0.250. The number of halogens is 1. The summed E-state index contributed by atoms with van der Waals surface area (Å²) < 4.78 is 5.15. The van der Waals surface area contributed by atoms with Crippen LogP contribution in [0.5, 0.6) is 0 Å². The molecule has 14 heavy (non-hydrogen) atoms. The normalized spacial score (nSPS) is 13.5. The van der Waals surface area contributed by atoms with Gasteiger partial charge in [-0.05, 0) is 33.6 Å². The number of amides is 1. The fourth-order valence-electron chi connectivity index (χ4n) is 0.984. The minimum Gasteiger partial charge on any atom is -0.444 e. The van der Waals surface area contributed by atoms with Crippen molar-refractivity contribution in [2.45, 2.75) is 52.2 Å². The zero-order valence-electron chi connectivity index (χ0n) is 9.39. The second-order valence-electron chi connectivity index (χ2n) is 4.23. The molecule has 0 aromatic carbocycles. The Balaban J connectivity index is 3.91. The molecule has 0 fully saturated rings. The molecule has 0 aliphatic carbocycles. The molecule has 4 heteroatoms. The number of carbonyl (C=O) groups is 1. The summed E-state index contributed by atoms with van der Waals surface area (Å²) in [6.07, 6.45) is 1.52. The van der Waals surface area contributed by atoms with Crippen molar-refractivity contribution in [2.75, 3.05) is 5.33 Å². The van der Waals surface area contributed by atoms with Gasteiger partial charge in [-0.1, -0.05) is 22.9 Å². The molecule has 0 aliphatic rings. The molecule has 1 unspecified atom stereocenters. The number of hydrogen-bond donors (Lipinski definition) is 1. The fourth-order valence-corrected chi connectivity index (χ4v) is 1.54. The summed E-state index contributed by atoms with van der Waals surface area (Å²) in [4.78, 5) is 11.4. The van der Waals surface area contributed by atoms with E-state index in [9.17, 15) is 4.79 Å². The summed E-state index contributed by atoms with van der Waals surface area (Å²) in [6, 6.07) is 0.198. The maximum atomic E-state index is 11.4. The molecule has 0 bridgehead atoms. The van der Waals surface area contributed by atoms with Crippen LogP contribution >= 0.6 is 15.9 Å². The van der Waals surface area contributed by atoms with Crippen molar-refractivity contribution in [3.63, 3.8) is 0 Å². The SMILES string of the molecule is CCC(CCBr)NC(=O)OC(C)(C)C. The van der Waals surface area contributed by atoms with Gasteiger partial charge < -0.3 is 10.1 Å². The minimum absolute atomic E-state index is 0.198. The quantitative estimate of drug-likeness (QED) is 0.794. The highest BCUT2D eigenvalue weighted by atomic mass is 79.9. The van der Waals surface area contributed by atoms with Crippen LogP contribution in [0.25, 0.3) is 0 Å². The van der Waals surface area contributed by atoms with Gasteiger partial charge in [0.1, 0.15) is 5.60 Å². The Kier molecular flexibility index (Phi) is 6.16. The highest BCUT2D eigenvalue weighted by Gasteiger charge is 2.18. The van der Waals surface area contributed by atoms with Crippen LogP contribution in [-0.2, 0) is 4.74 Å². The first kappa shape index (κ1) is 13.8. The first-order valence-electron chi connectivity index (χ1n) is 4.94. The first-order valence-corrected chi connectivity index (χ1v) is 6.06. The average Bonchev–Trinajstić information content (AvgIpc) is 2.00. The number of alkyl halides is 1. The molecular weight excluding hydrogens is 246 g/mol. The van der Waals surface area contributed by atoms with Crippen LogP contribution in [0.4, 0.5) is 4.79 Å². The molecule has 3 nitrogen and oxygen atoms in total. The summed E-state index contributed by atoms with van der Waals surface area (Å²) in [7, 11) is 0. The van der Waals surface area contributed by atoms with Gasteiger partial charge in [-0.25, -0.2) is 4.79 Å². The van der Waals surface area contributed by atoms with Gasteiger partial charge in [0.05, 0.1) is 0 Å². The van der Waals surface area contributed by atoms with Crippen molar-refractivity contribution < 1.29 is 9.53 Å². The molecule has 0 aromatic rings. The van der Waals surface area contributed by atoms with Crippen LogP contribution in [0.15, 0.2) is 0 Å². The van der Waals surface area contributed by atoms with E-state index in [1.54, 1.807) is 0 Å². The monoisotopic (exact) mass is 265 g/mol. The van der Waals surface area contributed by atoms with Gasteiger partial charge in [0, 0.05) is 11.4 Å². The molecule has 84 valence electrons. The molecule has 0 saturated carbocycles. The Morgan fingerprint density at radius 3 is 2.43 bits per heavy atom. The van der Waals surface area contributed by atoms with Crippen molar-refractivity contribution >= 4 is 22.0 Å². The van der Waals surface area contributed by atoms with Crippen molar-refractivity contribution in [1.29, 1.82) is 0 Å². The zero-order chi connectivity index (χ0) is 11.2. The van der Waals surface area contributed by atoms with Crippen LogP contribution < -0.4 is 5.32 Å². The number of rotatable bonds is 4. The molecule has 0 spiro atoms.